The van der Waals surface area contributed by atoms with Crippen molar-refractivity contribution in [3.63, 3.8) is 0 Å². The lowest BCUT2D eigenvalue weighted by Crippen LogP contribution is -2.40. The smallest absolute Gasteiger partial charge is 0.335 e. The van der Waals surface area contributed by atoms with E-state index in [0.29, 0.717) is 29.8 Å². The summed E-state index contributed by atoms with van der Waals surface area (Å²) < 4.78 is 0. The van der Waals surface area contributed by atoms with Crippen LogP contribution in [0.4, 0.5) is 0 Å². The van der Waals surface area contributed by atoms with Gasteiger partial charge in [0.1, 0.15) is 0 Å². The highest BCUT2D eigenvalue weighted by molar-refractivity contribution is 5.95. The summed E-state index contributed by atoms with van der Waals surface area (Å²) in [6.07, 6.45) is 6.68. The van der Waals surface area contributed by atoms with Crippen LogP contribution in [0.25, 0.3) is 5.57 Å². The fourth-order valence-electron chi connectivity index (χ4n) is 5.33. The Kier molecular flexibility index (Phi) is 7.32. The minimum Gasteiger partial charge on any atom is -0.478 e. The fraction of sp³-hybridized carbons (Fsp3) is 0.379. The Labute approximate surface area is 202 Å². The molecule has 5 nitrogen and oxygen atoms in total. The first-order valence-corrected chi connectivity index (χ1v) is 12.2. The van der Waals surface area contributed by atoms with E-state index in [-0.39, 0.29) is 5.91 Å². The summed E-state index contributed by atoms with van der Waals surface area (Å²) in [4.78, 5) is 26.6. The molecule has 2 saturated heterocycles. The predicted molar refractivity (Wildman–Crippen MR) is 136 cm³/mol. The van der Waals surface area contributed by atoms with E-state index >= 15 is 0 Å². The van der Waals surface area contributed by atoms with Crippen molar-refractivity contribution in [3.05, 3.63) is 88.0 Å². The second kappa shape index (κ2) is 10.4. The van der Waals surface area contributed by atoms with Crippen molar-refractivity contribution < 1.29 is 14.7 Å². The Balaban J connectivity index is 1.74. The molecule has 0 aliphatic carbocycles. The third-order valence-electron chi connectivity index (χ3n) is 6.97. The molecular formula is C29H34N2O3. The standard InChI is InChI=1S/C29H34N2O3/c1-4-30-28(32)21-10-8-20(9-11-21)27(22-6-5-7-23(16-22)29(33)34)24-17-25-12-13-26(18-24)31(25)15-14-19(2)3/h5-11,14,16,25-26H,4,12-13,15,17-18H2,1-3H3,(H,30,32)(H,33,34). The normalized spacial score (nSPS) is 19.6. The SMILES string of the molecule is CCNC(=O)c1ccc(C(=C2CC3CCC(C2)N3CC=C(C)C)c2cccc(C(=O)O)c2)cc1. The number of carbonyl (C=O) groups is 2. The number of nitrogens with one attached hydrogen (secondary N) is 1. The van der Waals surface area contributed by atoms with Gasteiger partial charge in [-0.2, -0.15) is 0 Å². The number of carbonyl (C=O) groups excluding carboxylic acids is 1. The third kappa shape index (κ3) is 5.15. The van der Waals surface area contributed by atoms with Gasteiger partial charge in [0.2, 0.25) is 0 Å². The number of benzene rings is 2. The number of aromatic carboxylic acids is 1. The van der Waals surface area contributed by atoms with Crippen molar-refractivity contribution in [2.24, 2.45) is 0 Å². The Bertz CT molecular complexity index is 1110. The molecule has 2 fully saturated rings. The van der Waals surface area contributed by atoms with Gasteiger partial charge in [0.05, 0.1) is 5.56 Å². The van der Waals surface area contributed by atoms with Crippen molar-refractivity contribution in [1.29, 1.82) is 0 Å². The van der Waals surface area contributed by atoms with Gasteiger partial charge in [-0.1, -0.05) is 41.5 Å². The number of fused-ring (bicyclic) bond motifs is 2. The monoisotopic (exact) mass is 458 g/mol. The molecule has 1 amide bonds. The number of allylic oxidation sites excluding steroid dienone is 1. The molecule has 0 aromatic heterocycles. The van der Waals surface area contributed by atoms with E-state index in [4.69, 9.17) is 0 Å². The van der Waals surface area contributed by atoms with E-state index in [1.165, 1.54) is 24.0 Å². The van der Waals surface area contributed by atoms with Crippen molar-refractivity contribution in [1.82, 2.24) is 10.2 Å². The maximum Gasteiger partial charge on any atom is 0.335 e. The average Bonchev–Trinajstić information content (AvgIpc) is 3.06. The van der Waals surface area contributed by atoms with Crippen LogP contribution in [0, 0.1) is 0 Å². The number of piperidine rings is 1. The summed E-state index contributed by atoms with van der Waals surface area (Å²) in [6, 6.07) is 16.0. The van der Waals surface area contributed by atoms with E-state index in [1.807, 2.05) is 43.3 Å². The number of rotatable bonds is 7. The maximum absolute atomic E-state index is 12.3. The van der Waals surface area contributed by atoms with Crippen LogP contribution in [-0.4, -0.2) is 47.1 Å². The molecule has 2 aliphatic rings. The number of hydrogen-bond donors (Lipinski definition) is 2. The molecule has 2 aromatic carbocycles. The number of amides is 1. The van der Waals surface area contributed by atoms with Gasteiger partial charge < -0.3 is 10.4 Å². The quantitative estimate of drug-likeness (QED) is 0.535. The highest BCUT2D eigenvalue weighted by Crippen LogP contribution is 2.43. The van der Waals surface area contributed by atoms with Crippen LogP contribution < -0.4 is 5.32 Å². The highest BCUT2D eigenvalue weighted by atomic mass is 16.4. The van der Waals surface area contributed by atoms with Crippen molar-refractivity contribution in [3.8, 4) is 0 Å². The molecule has 0 spiro atoms. The van der Waals surface area contributed by atoms with Crippen molar-refractivity contribution in [2.75, 3.05) is 13.1 Å². The van der Waals surface area contributed by atoms with Gasteiger partial charge in [0, 0.05) is 30.7 Å². The Morgan fingerprint density at radius 3 is 2.18 bits per heavy atom. The molecule has 2 atom stereocenters. The van der Waals surface area contributed by atoms with Crippen LogP contribution in [-0.2, 0) is 0 Å². The summed E-state index contributed by atoms with van der Waals surface area (Å²) >= 11 is 0. The van der Waals surface area contributed by atoms with Gasteiger partial charge in [0.15, 0.2) is 0 Å². The van der Waals surface area contributed by atoms with E-state index in [9.17, 15) is 14.7 Å². The summed E-state index contributed by atoms with van der Waals surface area (Å²) in [5.41, 5.74) is 6.72. The highest BCUT2D eigenvalue weighted by Gasteiger charge is 2.38. The minimum atomic E-state index is -0.922. The van der Waals surface area contributed by atoms with Gasteiger partial charge in [-0.3, -0.25) is 9.69 Å². The molecule has 0 radical (unpaired) electrons. The number of carboxylic acids is 1. The van der Waals surface area contributed by atoms with Crippen LogP contribution in [0.3, 0.4) is 0 Å². The maximum atomic E-state index is 12.3. The third-order valence-corrected chi connectivity index (χ3v) is 6.97. The average molecular weight is 459 g/mol. The minimum absolute atomic E-state index is 0.0817. The zero-order valence-electron chi connectivity index (χ0n) is 20.3. The Morgan fingerprint density at radius 2 is 1.59 bits per heavy atom. The summed E-state index contributed by atoms with van der Waals surface area (Å²) in [5.74, 6) is -1.00. The number of carboxylic acid groups (broad SMARTS) is 1. The molecule has 2 aliphatic heterocycles. The van der Waals surface area contributed by atoms with E-state index in [1.54, 1.807) is 12.1 Å². The molecule has 0 saturated carbocycles. The molecular weight excluding hydrogens is 424 g/mol. The first-order valence-electron chi connectivity index (χ1n) is 12.2. The van der Waals surface area contributed by atoms with Crippen LogP contribution in [0.15, 0.2) is 65.8 Å². The first kappa shape index (κ1) is 24.0. The number of nitrogens with zero attached hydrogens (tertiary/aromatic N) is 1. The zero-order valence-corrected chi connectivity index (χ0v) is 20.3. The van der Waals surface area contributed by atoms with Crippen LogP contribution >= 0.6 is 0 Å². The molecule has 2 N–H and O–H groups in total. The summed E-state index contributed by atoms with van der Waals surface area (Å²) in [5, 5.41) is 12.4. The number of hydrogen-bond acceptors (Lipinski definition) is 3. The molecule has 2 aromatic rings. The zero-order chi connectivity index (χ0) is 24.2. The molecule has 2 heterocycles. The fourth-order valence-corrected chi connectivity index (χ4v) is 5.33. The Hall–Kier alpha value is -3.18. The van der Waals surface area contributed by atoms with E-state index < -0.39 is 5.97 Å². The van der Waals surface area contributed by atoms with Crippen LogP contribution in [0.5, 0.6) is 0 Å². The molecule has 5 heteroatoms. The van der Waals surface area contributed by atoms with Gasteiger partial charge in [0.25, 0.3) is 5.91 Å². The first-order chi connectivity index (χ1) is 16.4. The lowest BCUT2D eigenvalue weighted by Gasteiger charge is -2.37. The predicted octanol–water partition coefficient (Wildman–Crippen LogP) is 5.53. The van der Waals surface area contributed by atoms with Crippen molar-refractivity contribution in [2.45, 2.75) is 58.5 Å². The molecule has 34 heavy (non-hydrogen) atoms. The lowest BCUT2D eigenvalue weighted by molar-refractivity contribution is 0.0696. The molecule has 2 bridgehead atoms. The second-order valence-electron chi connectivity index (χ2n) is 9.57. The van der Waals surface area contributed by atoms with Crippen molar-refractivity contribution >= 4 is 17.4 Å². The summed E-state index contributed by atoms with van der Waals surface area (Å²) in [6.45, 7) is 7.78. The van der Waals surface area contributed by atoms with Crippen LogP contribution in [0.1, 0.15) is 78.3 Å². The van der Waals surface area contributed by atoms with Gasteiger partial charge in [-0.05, 0) is 87.4 Å². The Morgan fingerprint density at radius 1 is 0.971 bits per heavy atom. The van der Waals surface area contributed by atoms with Crippen LogP contribution in [0.2, 0.25) is 0 Å². The lowest BCUT2D eigenvalue weighted by atomic mass is 9.85. The van der Waals surface area contributed by atoms with Gasteiger partial charge in [-0.15, -0.1) is 0 Å². The van der Waals surface area contributed by atoms with E-state index in [2.05, 4.69) is 30.1 Å². The molecule has 178 valence electrons. The molecule has 4 rings (SSSR count). The largest absolute Gasteiger partial charge is 0.478 e. The van der Waals surface area contributed by atoms with Gasteiger partial charge >= 0.3 is 5.97 Å². The van der Waals surface area contributed by atoms with E-state index in [0.717, 1.165) is 36.1 Å². The van der Waals surface area contributed by atoms with Gasteiger partial charge in [-0.25, -0.2) is 4.79 Å². The second-order valence-corrected chi connectivity index (χ2v) is 9.57. The topological polar surface area (TPSA) is 69.6 Å². The molecule has 2 unspecified atom stereocenters. The summed E-state index contributed by atoms with van der Waals surface area (Å²) in [7, 11) is 0.